The van der Waals surface area contributed by atoms with Crippen LogP contribution < -0.4 is 5.32 Å². The minimum absolute atomic E-state index is 0.0937. The molecule has 1 rings (SSSR count). The molecule has 1 N–H and O–H groups in total. The van der Waals surface area contributed by atoms with Crippen LogP contribution in [0.1, 0.15) is 12.8 Å². The van der Waals surface area contributed by atoms with E-state index in [1.807, 2.05) is 0 Å². The second-order valence-corrected chi connectivity index (χ2v) is 4.97. The van der Waals surface area contributed by atoms with E-state index in [-0.39, 0.29) is 26.1 Å². The van der Waals surface area contributed by atoms with Crippen molar-refractivity contribution in [2.75, 3.05) is 25.6 Å². The summed E-state index contributed by atoms with van der Waals surface area (Å²) in [6.45, 7) is -0.366. The fourth-order valence-corrected chi connectivity index (χ4v) is 2.23. The van der Waals surface area contributed by atoms with Gasteiger partial charge in [0, 0.05) is 19.8 Å². The van der Waals surface area contributed by atoms with Crippen LogP contribution in [0.25, 0.3) is 0 Å². The van der Waals surface area contributed by atoms with Crippen molar-refractivity contribution in [2.24, 2.45) is 5.41 Å². The van der Waals surface area contributed by atoms with Crippen molar-refractivity contribution in [1.29, 1.82) is 0 Å². The first-order chi connectivity index (χ1) is 9.57. The molecule has 122 valence electrons. The minimum atomic E-state index is -5.99. The maximum absolute atomic E-state index is 12.8. The fraction of sp³-hybridized carbons (Fsp3) is 0.818. The number of rotatable bonds is 5. The maximum atomic E-state index is 12.8. The zero-order valence-electron chi connectivity index (χ0n) is 10.7. The lowest BCUT2D eigenvalue weighted by Gasteiger charge is -2.35. The molecule has 1 heterocycles. The molecule has 4 nitrogen and oxygen atoms in total. The molecule has 1 fully saturated rings. The second kappa shape index (κ2) is 6.43. The number of hydrogen-bond acceptors (Lipinski definition) is 3. The van der Waals surface area contributed by atoms with Crippen LogP contribution in [0.4, 0.5) is 22.0 Å². The van der Waals surface area contributed by atoms with Crippen LogP contribution in [0.15, 0.2) is 0 Å². The van der Waals surface area contributed by atoms with E-state index in [4.69, 9.17) is 16.3 Å². The number of ketones is 1. The van der Waals surface area contributed by atoms with Gasteiger partial charge < -0.3 is 10.1 Å². The summed E-state index contributed by atoms with van der Waals surface area (Å²) in [5.41, 5.74) is -1.27. The first kappa shape index (κ1) is 18.1. The molecule has 0 saturated carbocycles. The normalized spacial score (nSPS) is 19.1. The number of Topliss-reactive ketones (excluding diaryl/α,β-unsaturated/α-hetero) is 1. The summed E-state index contributed by atoms with van der Waals surface area (Å²) in [6, 6.07) is 0. The predicted molar refractivity (Wildman–Crippen MR) is 62.2 cm³/mol. The molecule has 0 aromatic carbocycles. The maximum Gasteiger partial charge on any atom is 0.463 e. The third-order valence-corrected chi connectivity index (χ3v) is 3.63. The number of halogens is 6. The fourth-order valence-electron chi connectivity index (χ4n) is 1.95. The summed E-state index contributed by atoms with van der Waals surface area (Å²) in [4.78, 5) is 22.9. The molecule has 0 spiro atoms. The second-order valence-electron chi connectivity index (χ2n) is 4.70. The van der Waals surface area contributed by atoms with Crippen LogP contribution in [0.5, 0.6) is 0 Å². The summed E-state index contributed by atoms with van der Waals surface area (Å²) in [5.74, 6) is -8.94. The van der Waals surface area contributed by atoms with Gasteiger partial charge in [0.15, 0.2) is 5.78 Å². The Kier molecular flexibility index (Phi) is 5.54. The van der Waals surface area contributed by atoms with Gasteiger partial charge in [-0.2, -0.15) is 22.0 Å². The van der Waals surface area contributed by atoms with E-state index in [0.717, 1.165) is 0 Å². The van der Waals surface area contributed by atoms with E-state index in [1.165, 1.54) is 5.32 Å². The van der Waals surface area contributed by atoms with Crippen LogP contribution in [0.3, 0.4) is 0 Å². The van der Waals surface area contributed by atoms with Gasteiger partial charge in [-0.15, -0.1) is 11.6 Å². The lowest BCUT2D eigenvalue weighted by molar-refractivity contribution is -0.269. The Hall–Kier alpha value is -0.960. The lowest BCUT2D eigenvalue weighted by atomic mass is 9.76. The van der Waals surface area contributed by atoms with Gasteiger partial charge in [-0.05, 0) is 12.8 Å². The number of ether oxygens (including phenoxy) is 1. The molecule has 0 aliphatic carbocycles. The Morgan fingerprint density at radius 2 is 1.67 bits per heavy atom. The highest BCUT2D eigenvalue weighted by molar-refractivity contribution is 6.28. The first-order valence-corrected chi connectivity index (χ1v) is 6.50. The standard InChI is InChI=1S/C11H13ClF5NO3/c12-5-7(19)9(1-3-21-4-2-9)6-18-8(20)10(13,14)11(15,16)17/h1-6H2,(H,18,20). The van der Waals surface area contributed by atoms with Crippen molar-refractivity contribution in [1.82, 2.24) is 5.32 Å². The smallest absolute Gasteiger partial charge is 0.381 e. The molecule has 0 atom stereocenters. The highest BCUT2D eigenvalue weighted by Crippen LogP contribution is 2.36. The van der Waals surface area contributed by atoms with Gasteiger partial charge in [-0.1, -0.05) is 0 Å². The predicted octanol–water partition coefficient (Wildman–Crippen LogP) is 1.90. The monoisotopic (exact) mass is 337 g/mol. The Bertz CT molecular complexity index is 407. The summed E-state index contributed by atoms with van der Waals surface area (Å²) < 4.78 is 66.8. The third-order valence-electron chi connectivity index (χ3n) is 3.39. The van der Waals surface area contributed by atoms with Crippen molar-refractivity contribution in [3.63, 3.8) is 0 Å². The van der Waals surface area contributed by atoms with E-state index >= 15 is 0 Å². The Morgan fingerprint density at radius 1 is 1.14 bits per heavy atom. The summed E-state index contributed by atoms with van der Waals surface area (Å²) in [7, 11) is 0. The summed E-state index contributed by atoms with van der Waals surface area (Å²) >= 11 is 5.42. The third kappa shape index (κ3) is 3.82. The number of alkyl halides is 6. The zero-order chi connectivity index (χ0) is 16.3. The number of nitrogens with one attached hydrogen (secondary N) is 1. The van der Waals surface area contributed by atoms with Gasteiger partial charge in [0.25, 0.3) is 5.91 Å². The van der Waals surface area contributed by atoms with E-state index in [2.05, 4.69) is 0 Å². The Balaban J connectivity index is 2.78. The zero-order valence-corrected chi connectivity index (χ0v) is 11.5. The van der Waals surface area contributed by atoms with Crippen LogP contribution >= 0.6 is 11.6 Å². The van der Waals surface area contributed by atoms with E-state index in [0.29, 0.717) is 0 Å². The van der Waals surface area contributed by atoms with Crippen LogP contribution in [0.2, 0.25) is 0 Å². The Morgan fingerprint density at radius 3 is 2.10 bits per heavy atom. The lowest BCUT2D eigenvalue weighted by Crippen LogP contribution is -2.54. The topological polar surface area (TPSA) is 55.4 Å². The van der Waals surface area contributed by atoms with E-state index in [1.54, 1.807) is 0 Å². The quantitative estimate of drug-likeness (QED) is 0.616. The van der Waals surface area contributed by atoms with Crippen molar-refractivity contribution in [3.8, 4) is 0 Å². The largest absolute Gasteiger partial charge is 0.463 e. The molecule has 1 aliphatic rings. The molecule has 1 aliphatic heterocycles. The average Bonchev–Trinajstić information content (AvgIpc) is 2.43. The van der Waals surface area contributed by atoms with Crippen LogP contribution in [-0.2, 0) is 14.3 Å². The molecule has 0 aromatic heterocycles. The molecule has 0 aromatic rings. The first-order valence-electron chi connectivity index (χ1n) is 5.97. The average molecular weight is 338 g/mol. The van der Waals surface area contributed by atoms with Gasteiger partial charge in [-0.25, -0.2) is 0 Å². The number of carbonyl (C=O) groups is 2. The van der Waals surface area contributed by atoms with Crippen LogP contribution in [-0.4, -0.2) is 49.4 Å². The molecule has 1 amide bonds. The molecule has 21 heavy (non-hydrogen) atoms. The minimum Gasteiger partial charge on any atom is -0.381 e. The van der Waals surface area contributed by atoms with E-state index < -0.39 is 41.6 Å². The highest BCUT2D eigenvalue weighted by Gasteiger charge is 2.63. The molecule has 0 radical (unpaired) electrons. The van der Waals surface area contributed by atoms with Crippen molar-refractivity contribution in [2.45, 2.75) is 24.9 Å². The molecule has 10 heteroatoms. The highest BCUT2D eigenvalue weighted by atomic mass is 35.5. The number of amides is 1. The van der Waals surface area contributed by atoms with E-state index in [9.17, 15) is 31.5 Å². The molecule has 0 unspecified atom stereocenters. The van der Waals surface area contributed by atoms with Crippen molar-refractivity contribution < 1.29 is 36.3 Å². The van der Waals surface area contributed by atoms with Gasteiger partial charge >= 0.3 is 12.1 Å². The molecule has 0 bridgehead atoms. The molecular formula is C11H13ClF5NO3. The SMILES string of the molecule is O=C(CCl)C1(CNC(=O)C(F)(F)C(F)(F)F)CCOCC1. The van der Waals surface area contributed by atoms with Crippen LogP contribution in [0, 0.1) is 5.41 Å². The number of carbonyl (C=O) groups excluding carboxylic acids is 2. The Labute approximate surface area is 122 Å². The molecular weight excluding hydrogens is 325 g/mol. The van der Waals surface area contributed by atoms with Gasteiger partial charge in [0.2, 0.25) is 0 Å². The van der Waals surface area contributed by atoms with Gasteiger partial charge in [0.1, 0.15) is 0 Å². The number of hydrogen-bond donors (Lipinski definition) is 1. The molecule has 1 saturated heterocycles. The van der Waals surface area contributed by atoms with Gasteiger partial charge in [-0.3, -0.25) is 9.59 Å². The van der Waals surface area contributed by atoms with Gasteiger partial charge in [0.05, 0.1) is 11.3 Å². The van der Waals surface area contributed by atoms with Crippen molar-refractivity contribution in [3.05, 3.63) is 0 Å². The summed E-state index contributed by atoms with van der Waals surface area (Å²) in [5, 5.41) is 1.51. The van der Waals surface area contributed by atoms with Crippen molar-refractivity contribution >= 4 is 23.3 Å². The summed E-state index contributed by atoms with van der Waals surface area (Å²) in [6.07, 6.45) is -5.80.